The number of hydrogen-bond acceptors (Lipinski definition) is 9. The van der Waals surface area contributed by atoms with E-state index in [0.29, 0.717) is 6.07 Å². The number of nitrogens with two attached hydrogens (primary N) is 1. The Labute approximate surface area is 218 Å². The van der Waals surface area contributed by atoms with E-state index < -0.39 is 44.3 Å². The molecule has 0 fully saturated rings. The lowest BCUT2D eigenvalue weighted by Gasteiger charge is -2.14. The highest BCUT2D eigenvalue weighted by molar-refractivity contribution is 7.90. The summed E-state index contributed by atoms with van der Waals surface area (Å²) >= 11 is 0. The molecule has 0 spiro atoms. The fourth-order valence-electron chi connectivity index (χ4n) is 3.12. The van der Waals surface area contributed by atoms with Crippen LogP contribution in [0.2, 0.25) is 0 Å². The third kappa shape index (κ3) is 6.45. The van der Waals surface area contributed by atoms with E-state index in [1.54, 1.807) is 0 Å². The minimum absolute atomic E-state index is 0.0209. The first kappa shape index (κ1) is 27.0. The van der Waals surface area contributed by atoms with E-state index in [-0.39, 0.29) is 39.9 Å². The Morgan fingerprint density at radius 2 is 1.74 bits per heavy atom. The molecule has 2 amide bonds. The van der Waals surface area contributed by atoms with Crippen LogP contribution in [0, 0.1) is 17.5 Å². The Balaban J connectivity index is 1.63. The van der Waals surface area contributed by atoms with Crippen molar-refractivity contribution in [3.8, 4) is 11.5 Å². The van der Waals surface area contributed by atoms with Gasteiger partial charge >= 0.3 is 0 Å². The zero-order valence-electron chi connectivity index (χ0n) is 19.8. The molecule has 2 heterocycles. The Morgan fingerprint density at radius 3 is 2.41 bits per heavy atom. The fourth-order valence-corrected chi connectivity index (χ4v) is 3.62. The molecule has 4 N–H and O–H groups in total. The van der Waals surface area contributed by atoms with E-state index in [1.807, 2.05) is 0 Å². The standard InChI is InChI=1S/C24H17F3N6O5S/c1-39(36,37)24-30-11-15(23(35)32-18-4-2-12(25)8-16(18)26)22(33-24)31-13-3-5-20(17(27)9-13)38-14-6-7-29-19(10-14)21(28)34/h2-11H,1H3,(H2,28,34)(H,32,35)(H,30,31,33). The number of hydrogen-bond donors (Lipinski definition) is 3. The molecule has 0 atom stereocenters. The Bertz CT molecular complexity index is 1720. The summed E-state index contributed by atoms with van der Waals surface area (Å²) in [5, 5.41) is 4.21. The third-order valence-electron chi connectivity index (χ3n) is 4.93. The van der Waals surface area contributed by atoms with E-state index in [9.17, 15) is 31.2 Å². The Kier molecular flexibility index (Phi) is 7.44. The van der Waals surface area contributed by atoms with Crippen molar-refractivity contribution in [1.82, 2.24) is 15.0 Å². The smallest absolute Gasteiger partial charge is 0.267 e. The molecule has 4 rings (SSSR count). The molecule has 0 saturated heterocycles. The van der Waals surface area contributed by atoms with Gasteiger partial charge in [0.25, 0.3) is 11.8 Å². The van der Waals surface area contributed by atoms with Crippen LogP contribution in [-0.4, -0.2) is 41.4 Å². The summed E-state index contributed by atoms with van der Waals surface area (Å²) in [6.45, 7) is 0. The zero-order chi connectivity index (χ0) is 28.3. The van der Waals surface area contributed by atoms with Gasteiger partial charge < -0.3 is 21.1 Å². The van der Waals surface area contributed by atoms with E-state index in [4.69, 9.17) is 10.5 Å². The summed E-state index contributed by atoms with van der Waals surface area (Å²) in [5.74, 6) is -5.08. The van der Waals surface area contributed by atoms with Crippen LogP contribution in [0.15, 0.2) is 66.1 Å². The van der Waals surface area contributed by atoms with Crippen molar-refractivity contribution in [1.29, 1.82) is 0 Å². The molecule has 11 nitrogen and oxygen atoms in total. The minimum atomic E-state index is -3.92. The number of carbonyl (C=O) groups excluding carboxylic acids is 2. The number of nitrogens with zero attached hydrogens (tertiary/aromatic N) is 3. The molecule has 0 aliphatic heterocycles. The van der Waals surface area contributed by atoms with Gasteiger partial charge in [-0.2, -0.15) is 4.98 Å². The van der Waals surface area contributed by atoms with Gasteiger partial charge in [0.15, 0.2) is 11.6 Å². The second-order valence-electron chi connectivity index (χ2n) is 7.88. The molecule has 0 saturated carbocycles. The number of rotatable bonds is 8. The van der Waals surface area contributed by atoms with Crippen molar-refractivity contribution in [2.24, 2.45) is 5.73 Å². The number of benzene rings is 2. The molecule has 4 aromatic rings. The number of anilines is 3. The van der Waals surface area contributed by atoms with Gasteiger partial charge in [0.2, 0.25) is 15.0 Å². The number of amides is 2. The lowest BCUT2D eigenvalue weighted by molar-refractivity contribution is 0.0993. The maximum atomic E-state index is 14.8. The number of halogens is 3. The first-order valence-corrected chi connectivity index (χ1v) is 12.6. The largest absolute Gasteiger partial charge is 0.454 e. The summed E-state index contributed by atoms with van der Waals surface area (Å²) in [5.41, 5.74) is 4.41. The highest BCUT2D eigenvalue weighted by Gasteiger charge is 2.21. The van der Waals surface area contributed by atoms with Crippen LogP contribution in [0.25, 0.3) is 0 Å². The van der Waals surface area contributed by atoms with Crippen LogP contribution in [0.4, 0.5) is 30.4 Å². The maximum Gasteiger partial charge on any atom is 0.267 e. The predicted molar refractivity (Wildman–Crippen MR) is 132 cm³/mol. The monoisotopic (exact) mass is 558 g/mol. The van der Waals surface area contributed by atoms with Crippen molar-refractivity contribution in [2.45, 2.75) is 5.16 Å². The molecule has 0 aliphatic rings. The lowest BCUT2D eigenvalue weighted by atomic mass is 10.2. The Morgan fingerprint density at radius 1 is 0.974 bits per heavy atom. The van der Waals surface area contributed by atoms with Gasteiger partial charge in [-0.05, 0) is 30.3 Å². The van der Waals surface area contributed by atoms with E-state index >= 15 is 0 Å². The van der Waals surface area contributed by atoms with Crippen LogP contribution in [0.1, 0.15) is 20.8 Å². The van der Waals surface area contributed by atoms with E-state index in [0.717, 1.165) is 30.7 Å². The highest BCUT2D eigenvalue weighted by Crippen LogP contribution is 2.29. The van der Waals surface area contributed by atoms with Crippen molar-refractivity contribution >= 4 is 38.8 Å². The number of nitrogens with one attached hydrogen (secondary N) is 2. The third-order valence-corrected chi connectivity index (χ3v) is 5.79. The summed E-state index contributed by atoms with van der Waals surface area (Å²) in [7, 11) is -3.92. The highest BCUT2D eigenvalue weighted by atomic mass is 32.2. The minimum Gasteiger partial charge on any atom is -0.454 e. The van der Waals surface area contributed by atoms with E-state index in [1.165, 1.54) is 30.5 Å². The number of ether oxygens (including phenoxy) is 1. The van der Waals surface area contributed by atoms with E-state index in [2.05, 4.69) is 25.6 Å². The number of sulfone groups is 1. The molecule has 0 unspecified atom stereocenters. The molecule has 0 radical (unpaired) electrons. The average molecular weight is 558 g/mol. The molecule has 0 bridgehead atoms. The summed E-state index contributed by atoms with van der Waals surface area (Å²) in [6, 6.07) is 8.59. The van der Waals surface area contributed by atoms with Gasteiger partial charge in [0, 0.05) is 42.5 Å². The molecule has 2 aromatic carbocycles. The average Bonchev–Trinajstić information content (AvgIpc) is 2.87. The molecule has 39 heavy (non-hydrogen) atoms. The number of carbonyl (C=O) groups is 2. The SMILES string of the molecule is CS(=O)(=O)c1ncc(C(=O)Nc2ccc(F)cc2F)c(Nc2ccc(Oc3ccnc(C(N)=O)c3)c(F)c2)n1. The normalized spacial score (nSPS) is 11.1. The van der Waals surface area contributed by atoms with Crippen LogP contribution < -0.4 is 21.1 Å². The maximum absolute atomic E-state index is 14.8. The molecule has 2 aromatic heterocycles. The van der Waals surface area contributed by atoms with Crippen LogP contribution >= 0.6 is 0 Å². The van der Waals surface area contributed by atoms with Crippen molar-refractivity contribution in [3.63, 3.8) is 0 Å². The fraction of sp³-hybridized carbons (Fsp3) is 0.0417. The molecule has 200 valence electrons. The van der Waals surface area contributed by atoms with Crippen molar-refractivity contribution < 1.29 is 35.9 Å². The molecule has 15 heteroatoms. The van der Waals surface area contributed by atoms with Crippen LogP contribution in [0.5, 0.6) is 11.5 Å². The lowest BCUT2D eigenvalue weighted by Crippen LogP contribution is -2.18. The van der Waals surface area contributed by atoms with Crippen LogP contribution in [-0.2, 0) is 9.84 Å². The topological polar surface area (TPSA) is 166 Å². The first-order valence-electron chi connectivity index (χ1n) is 10.7. The van der Waals surface area contributed by atoms with Crippen molar-refractivity contribution in [2.75, 3.05) is 16.9 Å². The van der Waals surface area contributed by atoms with Gasteiger partial charge in [-0.15, -0.1) is 0 Å². The Hall–Kier alpha value is -5.05. The first-order chi connectivity index (χ1) is 18.4. The second-order valence-corrected chi connectivity index (χ2v) is 9.79. The molecule has 0 aliphatic carbocycles. The van der Waals surface area contributed by atoms with Gasteiger partial charge in [0.1, 0.15) is 34.5 Å². The van der Waals surface area contributed by atoms with Crippen LogP contribution in [0.3, 0.4) is 0 Å². The predicted octanol–water partition coefficient (Wildman–Crippen LogP) is 3.58. The van der Waals surface area contributed by atoms with Gasteiger partial charge in [-0.3, -0.25) is 14.6 Å². The summed E-state index contributed by atoms with van der Waals surface area (Å²) < 4.78 is 71.5. The zero-order valence-corrected chi connectivity index (χ0v) is 20.6. The summed E-state index contributed by atoms with van der Waals surface area (Å²) in [6.07, 6.45) is 2.98. The van der Waals surface area contributed by atoms with Crippen molar-refractivity contribution in [3.05, 3.63) is 89.6 Å². The number of pyridine rings is 1. The van der Waals surface area contributed by atoms with Gasteiger partial charge in [-0.1, -0.05) is 0 Å². The second kappa shape index (κ2) is 10.7. The number of primary amides is 1. The molecular weight excluding hydrogens is 541 g/mol. The summed E-state index contributed by atoms with van der Waals surface area (Å²) in [4.78, 5) is 35.4. The van der Waals surface area contributed by atoms with Gasteiger partial charge in [0.05, 0.1) is 5.69 Å². The van der Waals surface area contributed by atoms with Gasteiger partial charge in [-0.25, -0.2) is 26.6 Å². The molecular formula is C24H17F3N6O5S. The number of aromatic nitrogens is 3. The quantitative estimate of drug-likeness (QED) is 0.274.